The van der Waals surface area contributed by atoms with E-state index >= 15 is 0 Å². The van der Waals surface area contributed by atoms with E-state index in [1.54, 1.807) is 31.4 Å². The number of hydrogen-bond donors (Lipinski definition) is 0. The Labute approximate surface area is 194 Å². The minimum atomic E-state index is -0.481. The van der Waals surface area contributed by atoms with Crippen LogP contribution in [0.25, 0.3) is 28.0 Å². The van der Waals surface area contributed by atoms with Gasteiger partial charge in [0, 0.05) is 0 Å². The van der Waals surface area contributed by atoms with Gasteiger partial charge in [-0.25, -0.2) is 9.36 Å². The maximum Gasteiger partial charge on any atom is 0.336 e. The molecule has 5 aromatic rings. The van der Waals surface area contributed by atoms with Gasteiger partial charge in [-0.15, -0.1) is 0 Å². The Morgan fingerprint density at radius 1 is 0.941 bits per heavy atom. The van der Waals surface area contributed by atoms with Crippen LogP contribution in [-0.2, 0) is 6.54 Å². The first-order chi connectivity index (χ1) is 16.5. The highest BCUT2D eigenvalue weighted by Crippen LogP contribution is 2.27. The van der Waals surface area contributed by atoms with Crippen molar-refractivity contribution in [2.45, 2.75) is 20.4 Å². The first-order valence-electron chi connectivity index (χ1n) is 10.8. The Bertz CT molecular complexity index is 1630. The standard InChI is InChI=1S/C26H22N4O4/c1-16-12-17(2)14-18(13-16)30-25(31)19-8-4-6-10-21(19)29(26(30)32)15-23-27-24(28-34-23)20-9-5-7-11-22(20)33-3/h4-14H,15H2,1-3H3. The number of methoxy groups -OCH3 is 1. The number of para-hydroxylation sites is 2. The minimum Gasteiger partial charge on any atom is -0.496 e. The van der Waals surface area contributed by atoms with Crippen LogP contribution in [0.1, 0.15) is 17.0 Å². The number of aryl methyl sites for hydroxylation is 2. The molecule has 5 rings (SSSR count). The van der Waals surface area contributed by atoms with Crippen molar-refractivity contribution in [3.05, 3.63) is 105 Å². The fourth-order valence-electron chi connectivity index (χ4n) is 4.17. The molecule has 0 aliphatic rings. The van der Waals surface area contributed by atoms with Crippen LogP contribution < -0.4 is 16.0 Å². The van der Waals surface area contributed by atoms with Gasteiger partial charge in [-0.05, 0) is 61.4 Å². The van der Waals surface area contributed by atoms with Crippen LogP contribution in [0, 0.1) is 13.8 Å². The second-order valence-corrected chi connectivity index (χ2v) is 8.08. The van der Waals surface area contributed by atoms with Crippen LogP contribution in [0.5, 0.6) is 5.75 Å². The lowest BCUT2D eigenvalue weighted by Crippen LogP contribution is -2.39. The average molecular weight is 454 g/mol. The number of ether oxygens (including phenoxy) is 1. The van der Waals surface area contributed by atoms with Gasteiger partial charge < -0.3 is 9.26 Å². The maximum atomic E-state index is 13.6. The van der Waals surface area contributed by atoms with Gasteiger partial charge in [0.05, 0.1) is 29.3 Å². The summed E-state index contributed by atoms with van der Waals surface area (Å²) in [5.74, 6) is 1.20. The molecule has 0 bridgehead atoms. The Morgan fingerprint density at radius 2 is 1.65 bits per heavy atom. The first-order valence-corrected chi connectivity index (χ1v) is 10.8. The summed E-state index contributed by atoms with van der Waals surface area (Å²) in [4.78, 5) is 31.4. The van der Waals surface area contributed by atoms with Gasteiger partial charge in [0.1, 0.15) is 12.3 Å². The zero-order valence-electron chi connectivity index (χ0n) is 19.0. The van der Waals surface area contributed by atoms with Crippen molar-refractivity contribution in [3.63, 3.8) is 0 Å². The lowest BCUT2D eigenvalue weighted by atomic mass is 10.1. The number of benzene rings is 3. The largest absolute Gasteiger partial charge is 0.496 e. The molecule has 0 saturated heterocycles. The molecule has 0 N–H and O–H groups in total. The van der Waals surface area contributed by atoms with E-state index in [1.807, 2.05) is 56.3 Å². The lowest BCUT2D eigenvalue weighted by molar-refractivity contribution is 0.369. The molecule has 0 atom stereocenters. The van der Waals surface area contributed by atoms with Crippen LogP contribution in [-0.4, -0.2) is 26.4 Å². The molecule has 3 aromatic carbocycles. The summed E-state index contributed by atoms with van der Waals surface area (Å²) < 4.78 is 13.5. The molecule has 2 heterocycles. The molecule has 170 valence electrons. The van der Waals surface area contributed by atoms with E-state index in [2.05, 4.69) is 10.1 Å². The molecule has 0 radical (unpaired) electrons. The summed E-state index contributed by atoms with van der Waals surface area (Å²) >= 11 is 0. The first kappa shape index (κ1) is 21.4. The Hall–Kier alpha value is -4.46. The van der Waals surface area contributed by atoms with Crippen molar-refractivity contribution in [3.8, 4) is 22.8 Å². The zero-order chi connectivity index (χ0) is 23.8. The highest BCUT2D eigenvalue weighted by molar-refractivity contribution is 5.78. The maximum absolute atomic E-state index is 13.6. The predicted octanol–water partition coefficient (Wildman–Crippen LogP) is 3.88. The molecule has 2 aromatic heterocycles. The fraction of sp³-hybridized carbons (Fsp3) is 0.154. The van der Waals surface area contributed by atoms with E-state index in [0.717, 1.165) is 11.1 Å². The molecule has 34 heavy (non-hydrogen) atoms. The molecule has 0 aliphatic carbocycles. The fourth-order valence-corrected chi connectivity index (χ4v) is 4.17. The third-order valence-corrected chi connectivity index (χ3v) is 5.62. The summed E-state index contributed by atoms with van der Waals surface area (Å²) in [7, 11) is 1.57. The normalized spacial score (nSPS) is 11.1. The third-order valence-electron chi connectivity index (χ3n) is 5.62. The molecular formula is C26H22N4O4. The monoisotopic (exact) mass is 454 g/mol. The van der Waals surface area contributed by atoms with E-state index in [9.17, 15) is 9.59 Å². The van der Waals surface area contributed by atoms with Gasteiger partial charge in [0.2, 0.25) is 11.7 Å². The summed E-state index contributed by atoms with van der Waals surface area (Å²) in [5.41, 5.74) is 2.76. The second-order valence-electron chi connectivity index (χ2n) is 8.08. The third kappa shape index (κ3) is 3.69. The van der Waals surface area contributed by atoms with Gasteiger partial charge >= 0.3 is 5.69 Å². The molecule has 0 spiro atoms. The molecule has 0 saturated carbocycles. The summed E-state index contributed by atoms with van der Waals surface area (Å²) in [5, 5.41) is 4.49. The number of rotatable bonds is 5. The summed E-state index contributed by atoms with van der Waals surface area (Å²) in [6.07, 6.45) is 0. The number of hydrogen-bond acceptors (Lipinski definition) is 6. The van der Waals surface area contributed by atoms with Crippen LogP contribution in [0.3, 0.4) is 0 Å². The van der Waals surface area contributed by atoms with Crippen molar-refractivity contribution < 1.29 is 9.26 Å². The van der Waals surface area contributed by atoms with Crippen LogP contribution in [0.15, 0.2) is 80.8 Å². The average Bonchev–Trinajstić information content (AvgIpc) is 3.30. The van der Waals surface area contributed by atoms with Crippen molar-refractivity contribution >= 4 is 10.9 Å². The smallest absolute Gasteiger partial charge is 0.336 e. The molecule has 0 fully saturated rings. The lowest BCUT2D eigenvalue weighted by Gasteiger charge is -2.13. The molecule has 0 aliphatic heterocycles. The second kappa shape index (κ2) is 8.47. The van der Waals surface area contributed by atoms with Gasteiger partial charge in [0.25, 0.3) is 5.56 Å². The van der Waals surface area contributed by atoms with Crippen LogP contribution in [0.4, 0.5) is 0 Å². The van der Waals surface area contributed by atoms with Gasteiger partial charge in [0.15, 0.2) is 0 Å². The van der Waals surface area contributed by atoms with Crippen molar-refractivity contribution in [1.29, 1.82) is 0 Å². The number of nitrogens with zero attached hydrogens (tertiary/aromatic N) is 4. The van der Waals surface area contributed by atoms with E-state index < -0.39 is 5.69 Å². The predicted molar refractivity (Wildman–Crippen MR) is 129 cm³/mol. The summed E-state index contributed by atoms with van der Waals surface area (Å²) in [6.45, 7) is 3.87. The summed E-state index contributed by atoms with van der Waals surface area (Å²) in [6, 6.07) is 20.0. The Morgan fingerprint density at radius 3 is 2.41 bits per heavy atom. The number of aromatic nitrogens is 4. The molecule has 0 amide bonds. The number of fused-ring (bicyclic) bond motifs is 1. The van der Waals surface area contributed by atoms with E-state index in [-0.39, 0.29) is 18.0 Å². The van der Waals surface area contributed by atoms with Crippen LogP contribution >= 0.6 is 0 Å². The molecule has 8 heteroatoms. The topological polar surface area (TPSA) is 92.2 Å². The van der Waals surface area contributed by atoms with E-state index in [4.69, 9.17) is 9.26 Å². The molecule has 0 unspecified atom stereocenters. The van der Waals surface area contributed by atoms with Crippen molar-refractivity contribution in [1.82, 2.24) is 19.3 Å². The van der Waals surface area contributed by atoms with E-state index in [1.165, 1.54) is 9.13 Å². The minimum absolute atomic E-state index is 0.00652. The van der Waals surface area contributed by atoms with Gasteiger partial charge in [-0.1, -0.05) is 35.5 Å². The highest BCUT2D eigenvalue weighted by atomic mass is 16.5. The Kier molecular flexibility index (Phi) is 5.33. The van der Waals surface area contributed by atoms with Crippen LogP contribution in [0.2, 0.25) is 0 Å². The van der Waals surface area contributed by atoms with Crippen molar-refractivity contribution in [2.75, 3.05) is 7.11 Å². The molecule has 8 nitrogen and oxygen atoms in total. The Balaban J connectivity index is 1.67. The van der Waals surface area contributed by atoms with Gasteiger partial charge in [-0.2, -0.15) is 4.98 Å². The highest BCUT2D eigenvalue weighted by Gasteiger charge is 2.18. The van der Waals surface area contributed by atoms with Gasteiger partial charge in [-0.3, -0.25) is 9.36 Å². The van der Waals surface area contributed by atoms with Crippen molar-refractivity contribution in [2.24, 2.45) is 0 Å². The quantitative estimate of drug-likeness (QED) is 0.400. The van der Waals surface area contributed by atoms with E-state index in [0.29, 0.717) is 33.7 Å². The molecular weight excluding hydrogens is 432 g/mol. The zero-order valence-corrected chi connectivity index (χ0v) is 19.0. The SMILES string of the molecule is COc1ccccc1-c1noc(Cn2c(=O)n(-c3cc(C)cc(C)c3)c(=O)c3ccccc32)n1.